The molecule has 19 heavy (non-hydrogen) atoms. The molecule has 0 saturated carbocycles. The first-order valence-electron chi connectivity index (χ1n) is 6.24. The van der Waals surface area contributed by atoms with Crippen LogP contribution >= 0.6 is 0 Å². The number of carboxylic acid groups (broad SMARTS) is 1. The van der Waals surface area contributed by atoms with Crippen LogP contribution in [0.15, 0.2) is 42.5 Å². The Morgan fingerprint density at radius 2 is 1.74 bits per heavy atom. The van der Waals surface area contributed by atoms with Gasteiger partial charge in [0.15, 0.2) is 0 Å². The molecule has 0 aliphatic carbocycles. The maximum absolute atomic E-state index is 13.3. The molecule has 3 heteroatoms. The zero-order valence-corrected chi connectivity index (χ0v) is 10.7. The van der Waals surface area contributed by atoms with E-state index >= 15 is 0 Å². The summed E-state index contributed by atoms with van der Waals surface area (Å²) in [5, 5.41) is 8.91. The van der Waals surface area contributed by atoms with Crippen LogP contribution in [0, 0.1) is 5.82 Å². The second-order valence-corrected chi connectivity index (χ2v) is 4.45. The molecule has 0 radical (unpaired) electrons. The molecule has 0 aliphatic heterocycles. The first-order chi connectivity index (χ1) is 9.11. The third-order valence-electron chi connectivity index (χ3n) is 3.02. The molecule has 0 unspecified atom stereocenters. The average Bonchev–Trinajstić information content (AvgIpc) is 2.40. The summed E-state index contributed by atoms with van der Waals surface area (Å²) in [6.07, 6.45) is 2.10. The minimum Gasteiger partial charge on any atom is -0.478 e. The highest BCUT2D eigenvalue weighted by Crippen LogP contribution is 2.23. The van der Waals surface area contributed by atoms with Crippen molar-refractivity contribution in [1.82, 2.24) is 0 Å². The van der Waals surface area contributed by atoms with E-state index in [1.165, 1.54) is 17.7 Å². The Labute approximate surface area is 111 Å². The summed E-state index contributed by atoms with van der Waals surface area (Å²) in [6, 6.07) is 12.1. The Balaban J connectivity index is 2.36. The molecule has 0 fully saturated rings. The molecule has 0 amide bonds. The zero-order valence-electron chi connectivity index (χ0n) is 10.7. The predicted molar refractivity (Wildman–Crippen MR) is 72.8 cm³/mol. The molecule has 0 heterocycles. The maximum atomic E-state index is 13.3. The summed E-state index contributed by atoms with van der Waals surface area (Å²) in [5.74, 6) is -1.96. The van der Waals surface area contributed by atoms with Gasteiger partial charge in [-0.3, -0.25) is 0 Å². The number of benzene rings is 2. The number of halogens is 1. The monoisotopic (exact) mass is 258 g/mol. The molecule has 2 nitrogen and oxygen atoms in total. The Hall–Kier alpha value is -2.16. The number of hydrogen-bond acceptors (Lipinski definition) is 1. The van der Waals surface area contributed by atoms with Gasteiger partial charge in [-0.2, -0.15) is 0 Å². The topological polar surface area (TPSA) is 37.3 Å². The summed E-state index contributed by atoms with van der Waals surface area (Å²) < 4.78 is 13.3. The van der Waals surface area contributed by atoms with Crippen molar-refractivity contribution in [3.63, 3.8) is 0 Å². The molecular formula is C16H15FO2. The summed E-state index contributed by atoms with van der Waals surface area (Å²) in [4.78, 5) is 10.9. The minimum atomic E-state index is -1.25. The van der Waals surface area contributed by atoms with E-state index in [2.05, 4.69) is 6.92 Å². The van der Waals surface area contributed by atoms with Gasteiger partial charge < -0.3 is 5.11 Å². The quantitative estimate of drug-likeness (QED) is 0.894. The fraction of sp³-hybridized carbons (Fsp3) is 0.188. The van der Waals surface area contributed by atoms with Crippen molar-refractivity contribution >= 4 is 5.97 Å². The first-order valence-corrected chi connectivity index (χ1v) is 6.24. The van der Waals surface area contributed by atoms with Crippen molar-refractivity contribution in [2.75, 3.05) is 0 Å². The summed E-state index contributed by atoms with van der Waals surface area (Å²) >= 11 is 0. The SMILES string of the molecule is CCCc1ccc(-c2ccc(F)c(C(=O)O)c2)cc1. The van der Waals surface area contributed by atoms with Gasteiger partial charge in [0.2, 0.25) is 0 Å². The number of hydrogen-bond donors (Lipinski definition) is 1. The minimum absolute atomic E-state index is 0.296. The van der Waals surface area contributed by atoms with Crippen LogP contribution in [0.4, 0.5) is 4.39 Å². The van der Waals surface area contributed by atoms with Gasteiger partial charge in [0.1, 0.15) is 5.82 Å². The number of carbonyl (C=O) groups is 1. The van der Waals surface area contributed by atoms with Gasteiger partial charge in [-0.15, -0.1) is 0 Å². The number of aromatic carboxylic acids is 1. The molecule has 1 N–H and O–H groups in total. The van der Waals surface area contributed by atoms with E-state index in [1.807, 2.05) is 24.3 Å². The molecule has 0 aliphatic rings. The summed E-state index contributed by atoms with van der Waals surface area (Å²) in [7, 11) is 0. The Morgan fingerprint density at radius 1 is 1.11 bits per heavy atom. The molecule has 0 aromatic heterocycles. The van der Waals surface area contributed by atoms with Crippen molar-refractivity contribution in [1.29, 1.82) is 0 Å². The van der Waals surface area contributed by atoms with E-state index in [9.17, 15) is 9.18 Å². The second-order valence-electron chi connectivity index (χ2n) is 4.45. The van der Waals surface area contributed by atoms with Gasteiger partial charge in [0, 0.05) is 0 Å². The van der Waals surface area contributed by atoms with E-state index < -0.39 is 11.8 Å². The third kappa shape index (κ3) is 2.99. The molecule has 0 saturated heterocycles. The maximum Gasteiger partial charge on any atom is 0.338 e. The van der Waals surface area contributed by atoms with Crippen molar-refractivity contribution in [2.24, 2.45) is 0 Å². The number of carboxylic acids is 1. The fourth-order valence-electron chi connectivity index (χ4n) is 2.02. The van der Waals surface area contributed by atoms with Gasteiger partial charge >= 0.3 is 5.97 Å². The number of aryl methyl sites for hydroxylation is 1. The first kappa shape index (κ1) is 13.3. The largest absolute Gasteiger partial charge is 0.478 e. The van der Waals surface area contributed by atoms with Crippen LogP contribution in [0.3, 0.4) is 0 Å². The molecule has 0 atom stereocenters. The van der Waals surface area contributed by atoms with E-state index in [0.717, 1.165) is 18.4 Å². The predicted octanol–water partition coefficient (Wildman–Crippen LogP) is 4.14. The lowest BCUT2D eigenvalue weighted by Gasteiger charge is -2.05. The fourth-order valence-corrected chi connectivity index (χ4v) is 2.02. The lowest BCUT2D eigenvalue weighted by molar-refractivity contribution is 0.0692. The van der Waals surface area contributed by atoms with Crippen molar-refractivity contribution in [2.45, 2.75) is 19.8 Å². The van der Waals surface area contributed by atoms with Gasteiger partial charge in [-0.1, -0.05) is 43.7 Å². The van der Waals surface area contributed by atoms with E-state index in [1.54, 1.807) is 6.07 Å². The van der Waals surface area contributed by atoms with Gasteiger partial charge in [-0.25, -0.2) is 9.18 Å². The van der Waals surface area contributed by atoms with Crippen LogP contribution in [0.5, 0.6) is 0 Å². The van der Waals surface area contributed by atoms with Gasteiger partial charge in [-0.05, 0) is 35.2 Å². The van der Waals surface area contributed by atoms with Gasteiger partial charge in [0.05, 0.1) is 5.56 Å². The number of rotatable bonds is 4. The molecule has 2 rings (SSSR count). The van der Waals surface area contributed by atoms with Crippen molar-refractivity contribution in [3.8, 4) is 11.1 Å². The Kier molecular flexibility index (Phi) is 3.95. The van der Waals surface area contributed by atoms with Gasteiger partial charge in [0.25, 0.3) is 0 Å². The van der Waals surface area contributed by atoms with E-state index in [0.29, 0.717) is 5.56 Å². The van der Waals surface area contributed by atoms with E-state index in [-0.39, 0.29) is 5.56 Å². The van der Waals surface area contributed by atoms with E-state index in [4.69, 9.17) is 5.11 Å². The van der Waals surface area contributed by atoms with Crippen LogP contribution in [0.25, 0.3) is 11.1 Å². The van der Waals surface area contributed by atoms with Crippen LogP contribution in [-0.2, 0) is 6.42 Å². The summed E-state index contributed by atoms with van der Waals surface area (Å²) in [6.45, 7) is 2.12. The zero-order chi connectivity index (χ0) is 13.8. The molecule has 2 aromatic rings. The lowest BCUT2D eigenvalue weighted by atomic mass is 10.0. The highest BCUT2D eigenvalue weighted by Gasteiger charge is 2.11. The lowest BCUT2D eigenvalue weighted by Crippen LogP contribution is -2.00. The average molecular weight is 258 g/mol. The van der Waals surface area contributed by atoms with Crippen LogP contribution < -0.4 is 0 Å². The second kappa shape index (κ2) is 5.65. The Morgan fingerprint density at radius 3 is 2.32 bits per heavy atom. The standard InChI is InChI=1S/C16H15FO2/c1-2-3-11-4-6-12(7-5-11)13-8-9-15(17)14(10-13)16(18)19/h4-10H,2-3H2,1H3,(H,18,19). The molecule has 0 bridgehead atoms. The molecule has 2 aromatic carbocycles. The van der Waals surface area contributed by atoms with Crippen molar-refractivity contribution in [3.05, 3.63) is 59.4 Å². The molecule has 98 valence electrons. The normalized spacial score (nSPS) is 10.4. The Bertz CT molecular complexity index is 588. The van der Waals surface area contributed by atoms with Crippen LogP contribution in [0.2, 0.25) is 0 Å². The van der Waals surface area contributed by atoms with Crippen LogP contribution in [0.1, 0.15) is 29.3 Å². The van der Waals surface area contributed by atoms with Crippen molar-refractivity contribution < 1.29 is 14.3 Å². The highest BCUT2D eigenvalue weighted by atomic mass is 19.1. The molecule has 0 spiro atoms. The highest BCUT2D eigenvalue weighted by molar-refractivity contribution is 5.89. The van der Waals surface area contributed by atoms with Crippen LogP contribution in [-0.4, -0.2) is 11.1 Å². The summed E-state index contributed by atoms with van der Waals surface area (Å²) in [5.41, 5.74) is 2.55. The third-order valence-corrected chi connectivity index (χ3v) is 3.02. The molecular weight excluding hydrogens is 243 g/mol. The smallest absolute Gasteiger partial charge is 0.338 e.